The van der Waals surface area contributed by atoms with E-state index >= 15 is 0 Å². The Morgan fingerprint density at radius 2 is 1.59 bits per heavy atom. The van der Waals surface area contributed by atoms with Gasteiger partial charge in [-0.25, -0.2) is 4.85 Å². The third kappa shape index (κ3) is 4.53. The molecule has 0 N–H and O–H groups in total. The largest absolute Gasteiger partial charge is 0.640 e. The zero-order valence-corrected chi connectivity index (χ0v) is 17.4. The molecule has 1 saturated heterocycles. The van der Waals surface area contributed by atoms with Gasteiger partial charge in [0.25, 0.3) is 0 Å². The fraction of sp³-hybridized carbons (Fsp3) is 0.350. The van der Waals surface area contributed by atoms with E-state index in [4.69, 9.17) is 25.3 Å². The van der Waals surface area contributed by atoms with Crippen molar-refractivity contribution in [1.29, 1.82) is 0 Å². The molecule has 0 amide bonds. The second-order valence-electron chi connectivity index (χ2n) is 7.32. The fourth-order valence-electron chi connectivity index (χ4n) is 2.46. The number of benzene rings is 2. The van der Waals surface area contributed by atoms with E-state index in [2.05, 4.69) is 20.8 Å². The first-order valence-electron chi connectivity index (χ1n) is 8.61. The molecule has 0 aliphatic carbocycles. The summed E-state index contributed by atoms with van der Waals surface area (Å²) in [6.45, 7) is 15.3. The lowest BCUT2D eigenvalue weighted by Gasteiger charge is -2.31. The highest BCUT2D eigenvalue weighted by atomic mass is 79.9. The van der Waals surface area contributed by atoms with E-state index in [0.29, 0.717) is 23.8 Å². The molecule has 0 saturated carbocycles. The number of hydrogen-bond donors (Lipinski definition) is 0. The van der Waals surface area contributed by atoms with E-state index in [1.54, 1.807) is 24.3 Å². The molecule has 3 rings (SSSR count). The Balaban J connectivity index is 1.66. The molecular weight excluding hydrogens is 409 g/mol. The van der Waals surface area contributed by atoms with Gasteiger partial charge in [0.05, 0.1) is 24.4 Å². The van der Waals surface area contributed by atoms with E-state index in [1.165, 1.54) is 0 Å². The van der Waals surface area contributed by atoms with Crippen LogP contribution in [0.5, 0.6) is 11.5 Å². The van der Waals surface area contributed by atoms with E-state index in [9.17, 15) is 0 Å². The van der Waals surface area contributed by atoms with Gasteiger partial charge in [-0.15, -0.1) is 0 Å². The van der Waals surface area contributed by atoms with Crippen molar-refractivity contribution in [2.45, 2.75) is 45.5 Å². The van der Waals surface area contributed by atoms with Crippen LogP contribution in [0.15, 0.2) is 46.9 Å². The predicted octanol–water partition coefficient (Wildman–Crippen LogP) is 5.90. The summed E-state index contributed by atoms with van der Waals surface area (Å²) in [5.41, 5.74) is 0.629. The minimum Gasteiger partial charge on any atom is -0.457 e. The molecule has 0 atom stereocenters. The quantitative estimate of drug-likeness (QED) is 0.438. The van der Waals surface area contributed by atoms with Crippen LogP contribution in [-0.2, 0) is 20.6 Å². The molecule has 1 aliphatic rings. The van der Waals surface area contributed by atoms with Crippen LogP contribution in [0, 0.1) is 6.57 Å². The molecule has 0 spiro atoms. The molecule has 0 aromatic heterocycles. The van der Waals surface area contributed by atoms with Crippen molar-refractivity contribution in [2.75, 3.05) is 0 Å². The van der Waals surface area contributed by atoms with Crippen molar-refractivity contribution >= 4 is 28.9 Å². The van der Waals surface area contributed by atoms with Crippen LogP contribution in [0.3, 0.4) is 0 Å². The first kappa shape index (κ1) is 19.9. The molecule has 5 nitrogen and oxygen atoms in total. The first-order valence-corrected chi connectivity index (χ1v) is 9.40. The lowest BCUT2D eigenvalue weighted by molar-refractivity contribution is 0.00578. The van der Waals surface area contributed by atoms with E-state index in [1.807, 2.05) is 45.9 Å². The maximum absolute atomic E-state index is 7.00. The van der Waals surface area contributed by atoms with Crippen LogP contribution in [0.2, 0.25) is 0 Å². The average Bonchev–Trinajstić information content (AvgIpc) is 2.83. The molecule has 2 aromatic carbocycles. The molecule has 1 heterocycles. The second kappa shape index (κ2) is 7.65. The molecule has 0 radical (unpaired) electrons. The summed E-state index contributed by atoms with van der Waals surface area (Å²) in [4.78, 5) is 3.37. The molecule has 7 heteroatoms. The number of nitrogens with zero attached hydrogens (tertiary/aromatic N) is 1. The Bertz CT molecular complexity index is 845. The molecule has 0 bridgehead atoms. The minimum atomic E-state index is -0.715. The van der Waals surface area contributed by atoms with Gasteiger partial charge in [0.1, 0.15) is 11.5 Å². The third-order valence-electron chi connectivity index (χ3n) is 4.83. The normalized spacial score (nSPS) is 17.6. The van der Waals surface area contributed by atoms with Crippen molar-refractivity contribution in [2.24, 2.45) is 0 Å². The third-order valence-corrected chi connectivity index (χ3v) is 5.60. The maximum Gasteiger partial charge on any atom is 0.640 e. The van der Waals surface area contributed by atoms with Crippen molar-refractivity contribution in [3.8, 4) is 11.5 Å². The average molecular weight is 430 g/mol. The van der Waals surface area contributed by atoms with E-state index < -0.39 is 18.5 Å². The Morgan fingerprint density at radius 3 is 2.19 bits per heavy atom. The summed E-state index contributed by atoms with van der Waals surface area (Å²) in [7, 11) is -0.715. The van der Waals surface area contributed by atoms with Gasteiger partial charge in [-0.1, -0.05) is 28.1 Å². The highest BCUT2D eigenvalue weighted by Crippen LogP contribution is 2.37. The van der Waals surface area contributed by atoms with Crippen LogP contribution in [0.25, 0.3) is 4.85 Å². The number of hydrogen-bond acceptors (Lipinski definition) is 4. The smallest absolute Gasteiger partial charge is 0.457 e. The number of halogens is 1. The van der Waals surface area contributed by atoms with Crippen molar-refractivity contribution in [3.05, 3.63) is 63.9 Å². The molecule has 140 valence electrons. The van der Waals surface area contributed by atoms with Gasteiger partial charge in [-0.3, -0.25) is 0 Å². The lowest BCUT2D eigenvalue weighted by atomic mass is 9.90. The van der Waals surface area contributed by atoms with Crippen LogP contribution in [0.4, 0.5) is 5.69 Å². The minimum absolute atomic E-state index is 0.311. The standard InChI is InChI=1S/C20H21BBrNO4/c1-19(2)20(3,4)27-21(26-19)24-13-14-12-17(10-11-18(14)22)25-16-8-6-15(23-5)7-9-16/h6-12H,13H2,1-4H3. The topological polar surface area (TPSA) is 41.3 Å². The zero-order chi connectivity index (χ0) is 19.7. The Hall–Kier alpha value is -1.85. The molecule has 1 fully saturated rings. The van der Waals surface area contributed by atoms with Gasteiger partial charge in [0, 0.05) is 4.47 Å². The van der Waals surface area contributed by atoms with Gasteiger partial charge >= 0.3 is 7.32 Å². The van der Waals surface area contributed by atoms with Crippen molar-refractivity contribution < 1.29 is 18.7 Å². The van der Waals surface area contributed by atoms with Gasteiger partial charge in [0.15, 0.2) is 5.69 Å². The Kier molecular flexibility index (Phi) is 5.64. The maximum atomic E-state index is 7.00. The van der Waals surface area contributed by atoms with Crippen LogP contribution >= 0.6 is 15.9 Å². The fourth-order valence-corrected chi connectivity index (χ4v) is 2.83. The van der Waals surface area contributed by atoms with Gasteiger partial charge in [-0.05, 0) is 63.6 Å². The number of ether oxygens (including phenoxy) is 1. The Labute approximate surface area is 168 Å². The van der Waals surface area contributed by atoms with E-state index in [-0.39, 0.29) is 0 Å². The van der Waals surface area contributed by atoms with Gasteiger partial charge in [0.2, 0.25) is 0 Å². The number of rotatable bonds is 5. The SMILES string of the molecule is [C-]#[N+]c1ccc(Oc2ccc(Br)c(COB3OC(C)(C)C(C)(C)O3)c2)cc1. The summed E-state index contributed by atoms with van der Waals surface area (Å²) in [5, 5.41) is 0. The Morgan fingerprint density at radius 1 is 1.00 bits per heavy atom. The summed E-state index contributed by atoms with van der Waals surface area (Å²) >= 11 is 3.54. The van der Waals surface area contributed by atoms with E-state index in [0.717, 1.165) is 10.0 Å². The summed E-state index contributed by atoms with van der Waals surface area (Å²) in [5.74, 6) is 1.35. The zero-order valence-electron chi connectivity index (χ0n) is 15.8. The van der Waals surface area contributed by atoms with Crippen LogP contribution in [-0.4, -0.2) is 18.5 Å². The first-order chi connectivity index (χ1) is 12.7. The second-order valence-corrected chi connectivity index (χ2v) is 8.17. The van der Waals surface area contributed by atoms with Crippen molar-refractivity contribution in [1.82, 2.24) is 0 Å². The molecule has 2 aromatic rings. The lowest BCUT2D eigenvalue weighted by Crippen LogP contribution is -2.41. The summed E-state index contributed by atoms with van der Waals surface area (Å²) < 4.78 is 24.3. The molecule has 27 heavy (non-hydrogen) atoms. The monoisotopic (exact) mass is 429 g/mol. The van der Waals surface area contributed by atoms with Gasteiger partial charge in [-0.2, -0.15) is 0 Å². The van der Waals surface area contributed by atoms with Crippen LogP contribution < -0.4 is 4.74 Å². The van der Waals surface area contributed by atoms with Crippen LogP contribution in [0.1, 0.15) is 33.3 Å². The highest BCUT2D eigenvalue weighted by Gasteiger charge is 2.52. The highest BCUT2D eigenvalue weighted by molar-refractivity contribution is 9.10. The molecular formula is C20H21BBrNO4. The summed E-state index contributed by atoms with van der Waals surface area (Å²) in [6.07, 6.45) is 0. The van der Waals surface area contributed by atoms with Gasteiger partial charge < -0.3 is 18.7 Å². The molecule has 1 aliphatic heterocycles. The summed E-state index contributed by atoms with van der Waals surface area (Å²) in [6, 6.07) is 12.7. The van der Waals surface area contributed by atoms with Crippen molar-refractivity contribution in [3.63, 3.8) is 0 Å². The predicted molar refractivity (Wildman–Crippen MR) is 108 cm³/mol. The molecule has 0 unspecified atom stereocenters.